The standard InChI is InChI=1S/C20H27N3O3S/c1-3-15-9-10-17(27(2,25)26)13-18(15)20(24)21-19-12-16(22-23-19)11-14-7-5-4-6-8-14/h9-10,12-14H,3-8,11H2,1-2H3,(H2,21,22,23,24). The Labute approximate surface area is 160 Å². The Hall–Kier alpha value is -2.15. The van der Waals surface area contributed by atoms with Gasteiger partial charge in [-0.1, -0.05) is 45.1 Å². The van der Waals surface area contributed by atoms with E-state index < -0.39 is 9.84 Å². The van der Waals surface area contributed by atoms with Crippen molar-refractivity contribution < 1.29 is 13.2 Å². The highest BCUT2D eigenvalue weighted by atomic mass is 32.2. The van der Waals surface area contributed by atoms with E-state index in [0.29, 0.717) is 23.7 Å². The zero-order chi connectivity index (χ0) is 19.4. The Morgan fingerprint density at radius 1 is 1.22 bits per heavy atom. The maximum atomic E-state index is 12.7. The van der Waals surface area contributed by atoms with E-state index in [0.717, 1.165) is 23.9 Å². The lowest BCUT2D eigenvalue weighted by Gasteiger charge is -2.20. The van der Waals surface area contributed by atoms with E-state index in [1.807, 2.05) is 13.0 Å². The number of aromatic amines is 1. The van der Waals surface area contributed by atoms with E-state index in [4.69, 9.17) is 0 Å². The average molecular weight is 390 g/mol. The molecule has 1 aliphatic carbocycles. The molecule has 0 unspecified atom stereocenters. The molecule has 0 spiro atoms. The average Bonchev–Trinajstić information content (AvgIpc) is 3.08. The molecule has 7 heteroatoms. The van der Waals surface area contributed by atoms with Gasteiger partial charge in [-0.2, -0.15) is 5.10 Å². The lowest BCUT2D eigenvalue weighted by atomic mass is 9.86. The Balaban J connectivity index is 1.73. The third-order valence-electron chi connectivity index (χ3n) is 5.24. The van der Waals surface area contributed by atoms with Crippen LogP contribution in [0.2, 0.25) is 0 Å². The zero-order valence-corrected chi connectivity index (χ0v) is 16.7. The molecular weight excluding hydrogens is 362 g/mol. The molecule has 1 saturated carbocycles. The number of aryl methyl sites for hydroxylation is 1. The number of hydrogen-bond acceptors (Lipinski definition) is 4. The summed E-state index contributed by atoms with van der Waals surface area (Å²) in [5.41, 5.74) is 2.20. The van der Waals surface area contributed by atoms with Crippen LogP contribution in [-0.2, 0) is 22.7 Å². The molecule has 1 fully saturated rings. The van der Waals surface area contributed by atoms with Gasteiger partial charge >= 0.3 is 0 Å². The Morgan fingerprint density at radius 3 is 2.63 bits per heavy atom. The van der Waals surface area contributed by atoms with Crippen LogP contribution in [0.3, 0.4) is 0 Å². The number of amides is 1. The van der Waals surface area contributed by atoms with Gasteiger partial charge < -0.3 is 5.32 Å². The van der Waals surface area contributed by atoms with E-state index in [1.165, 1.54) is 38.2 Å². The Kier molecular flexibility index (Phi) is 5.99. The summed E-state index contributed by atoms with van der Waals surface area (Å²) in [6.07, 6.45) is 9.14. The minimum Gasteiger partial charge on any atom is -0.305 e. The molecule has 0 radical (unpaired) electrons. The molecule has 146 valence electrons. The van der Waals surface area contributed by atoms with Gasteiger partial charge in [0, 0.05) is 23.6 Å². The maximum absolute atomic E-state index is 12.7. The quantitative estimate of drug-likeness (QED) is 0.787. The van der Waals surface area contributed by atoms with Crippen LogP contribution in [0.15, 0.2) is 29.2 Å². The number of rotatable bonds is 6. The fourth-order valence-electron chi connectivity index (χ4n) is 3.72. The van der Waals surface area contributed by atoms with Crippen LogP contribution in [0.4, 0.5) is 5.82 Å². The van der Waals surface area contributed by atoms with Crippen molar-refractivity contribution in [1.82, 2.24) is 10.2 Å². The highest BCUT2D eigenvalue weighted by molar-refractivity contribution is 7.90. The molecule has 1 aromatic heterocycles. The number of anilines is 1. The Morgan fingerprint density at radius 2 is 1.96 bits per heavy atom. The SMILES string of the molecule is CCc1ccc(S(C)(=O)=O)cc1C(=O)Nc1cc(CC2CCCCC2)[nH]n1. The van der Waals surface area contributed by atoms with E-state index >= 15 is 0 Å². The van der Waals surface area contributed by atoms with Crippen LogP contribution in [0.5, 0.6) is 0 Å². The number of sulfone groups is 1. The molecule has 1 heterocycles. The molecule has 3 rings (SSSR count). The van der Waals surface area contributed by atoms with Crippen molar-refractivity contribution in [3.05, 3.63) is 41.1 Å². The first-order valence-electron chi connectivity index (χ1n) is 9.55. The second kappa shape index (κ2) is 8.25. The van der Waals surface area contributed by atoms with Crippen molar-refractivity contribution >= 4 is 21.6 Å². The number of H-pyrrole nitrogens is 1. The van der Waals surface area contributed by atoms with Gasteiger partial charge in [-0.25, -0.2) is 8.42 Å². The predicted octanol–water partition coefficient (Wildman–Crippen LogP) is 3.75. The summed E-state index contributed by atoms with van der Waals surface area (Å²) >= 11 is 0. The van der Waals surface area contributed by atoms with Gasteiger partial charge in [-0.05, 0) is 36.5 Å². The van der Waals surface area contributed by atoms with Crippen LogP contribution < -0.4 is 5.32 Å². The number of nitrogens with one attached hydrogen (secondary N) is 2. The summed E-state index contributed by atoms with van der Waals surface area (Å²) < 4.78 is 23.6. The molecule has 2 aromatic rings. The monoisotopic (exact) mass is 389 g/mol. The normalized spacial score (nSPS) is 15.6. The fraction of sp³-hybridized carbons (Fsp3) is 0.500. The van der Waals surface area contributed by atoms with Crippen LogP contribution in [-0.4, -0.2) is 30.8 Å². The highest BCUT2D eigenvalue weighted by Gasteiger charge is 2.18. The van der Waals surface area contributed by atoms with Crippen molar-refractivity contribution in [3.8, 4) is 0 Å². The van der Waals surface area contributed by atoms with Crippen molar-refractivity contribution in [3.63, 3.8) is 0 Å². The van der Waals surface area contributed by atoms with Gasteiger partial charge in [0.15, 0.2) is 15.7 Å². The van der Waals surface area contributed by atoms with Crippen molar-refractivity contribution in [2.45, 2.75) is 56.8 Å². The summed E-state index contributed by atoms with van der Waals surface area (Å²) in [5.74, 6) is 0.812. The summed E-state index contributed by atoms with van der Waals surface area (Å²) in [4.78, 5) is 12.9. The van der Waals surface area contributed by atoms with Gasteiger partial charge in [-0.15, -0.1) is 0 Å². The number of carbonyl (C=O) groups is 1. The number of nitrogens with zero attached hydrogens (tertiary/aromatic N) is 1. The molecule has 2 N–H and O–H groups in total. The van der Waals surface area contributed by atoms with E-state index in [1.54, 1.807) is 12.1 Å². The number of carbonyl (C=O) groups excluding carboxylic acids is 1. The summed E-state index contributed by atoms with van der Waals surface area (Å²) in [6.45, 7) is 1.93. The van der Waals surface area contributed by atoms with Crippen LogP contribution in [0.1, 0.15) is 60.6 Å². The number of hydrogen-bond donors (Lipinski definition) is 2. The minimum absolute atomic E-state index is 0.143. The fourth-order valence-corrected chi connectivity index (χ4v) is 4.37. The molecule has 27 heavy (non-hydrogen) atoms. The number of aromatic nitrogens is 2. The van der Waals surface area contributed by atoms with Gasteiger partial charge in [-0.3, -0.25) is 9.89 Å². The van der Waals surface area contributed by atoms with Gasteiger partial charge in [0.2, 0.25) is 0 Å². The van der Waals surface area contributed by atoms with Gasteiger partial charge in [0.05, 0.1) is 4.90 Å². The highest BCUT2D eigenvalue weighted by Crippen LogP contribution is 2.27. The lowest BCUT2D eigenvalue weighted by Crippen LogP contribution is -2.15. The zero-order valence-electron chi connectivity index (χ0n) is 15.9. The first-order chi connectivity index (χ1) is 12.9. The van der Waals surface area contributed by atoms with Gasteiger partial charge in [0.1, 0.15) is 0 Å². The summed E-state index contributed by atoms with van der Waals surface area (Å²) in [5, 5.41) is 10.0. The number of benzene rings is 1. The van der Waals surface area contributed by atoms with Crippen molar-refractivity contribution in [2.75, 3.05) is 11.6 Å². The van der Waals surface area contributed by atoms with Crippen LogP contribution in [0.25, 0.3) is 0 Å². The molecular formula is C20H27N3O3S. The van der Waals surface area contributed by atoms with Crippen LogP contribution in [0, 0.1) is 5.92 Å². The molecule has 1 aliphatic rings. The molecule has 6 nitrogen and oxygen atoms in total. The second-order valence-electron chi connectivity index (χ2n) is 7.39. The van der Waals surface area contributed by atoms with Gasteiger partial charge in [0.25, 0.3) is 5.91 Å². The van der Waals surface area contributed by atoms with E-state index in [-0.39, 0.29) is 10.8 Å². The van der Waals surface area contributed by atoms with Crippen molar-refractivity contribution in [2.24, 2.45) is 5.92 Å². The molecule has 1 amide bonds. The first-order valence-corrected chi connectivity index (χ1v) is 11.4. The van der Waals surface area contributed by atoms with E-state index in [9.17, 15) is 13.2 Å². The second-order valence-corrected chi connectivity index (χ2v) is 9.40. The molecule has 0 saturated heterocycles. The summed E-state index contributed by atoms with van der Waals surface area (Å²) in [6, 6.07) is 6.56. The third-order valence-corrected chi connectivity index (χ3v) is 6.35. The Bertz CT molecular complexity index is 912. The predicted molar refractivity (Wildman–Crippen MR) is 106 cm³/mol. The van der Waals surface area contributed by atoms with E-state index in [2.05, 4.69) is 15.5 Å². The lowest BCUT2D eigenvalue weighted by molar-refractivity contribution is 0.102. The van der Waals surface area contributed by atoms with Crippen LogP contribution >= 0.6 is 0 Å². The van der Waals surface area contributed by atoms with Crippen molar-refractivity contribution in [1.29, 1.82) is 0 Å². The first kappa shape index (κ1) is 19.6. The molecule has 1 aromatic carbocycles. The molecule has 0 bridgehead atoms. The topological polar surface area (TPSA) is 91.9 Å². The largest absolute Gasteiger partial charge is 0.305 e. The molecule has 0 atom stereocenters. The smallest absolute Gasteiger partial charge is 0.257 e. The third kappa shape index (κ3) is 4.97. The maximum Gasteiger partial charge on any atom is 0.257 e. The summed E-state index contributed by atoms with van der Waals surface area (Å²) in [7, 11) is -3.37. The minimum atomic E-state index is -3.37. The molecule has 0 aliphatic heterocycles.